The van der Waals surface area contributed by atoms with E-state index >= 15 is 0 Å². The highest BCUT2D eigenvalue weighted by Gasteiger charge is 2.14. The number of hydrogen-bond donors (Lipinski definition) is 1. The van der Waals surface area contributed by atoms with Crippen LogP contribution in [0.15, 0.2) is 94.4 Å². The lowest BCUT2D eigenvalue weighted by molar-refractivity contribution is 0.0923. The molecule has 0 bridgehead atoms. The number of nitrogens with one attached hydrogen (secondary N) is 1. The molecule has 0 unspecified atom stereocenters. The maximum Gasteiger partial charge on any atom is 0.307 e. The van der Waals surface area contributed by atoms with Crippen LogP contribution >= 0.6 is 11.6 Å². The topological polar surface area (TPSA) is 96.5 Å². The molecule has 3 aromatic carbocycles. The minimum Gasteiger partial charge on any atom is -0.488 e. The number of aryl methyl sites for hydroxylation is 2. The third kappa shape index (κ3) is 6.52. The van der Waals surface area contributed by atoms with Crippen LogP contribution in [0.1, 0.15) is 38.8 Å². The number of hydrogen-bond acceptors (Lipinski definition) is 7. The van der Waals surface area contributed by atoms with E-state index in [1.165, 1.54) is 6.21 Å². The van der Waals surface area contributed by atoms with E-state index in [9.17, 15) is 4.79 Å². The van der Waals surface area contributed by atoms with Gasteiger partial charge < -0.3 is 27.9 Å². The van der Waals surface area contributed by atoms with Crippen LogP contribution in [-0.2, 0) is 13.2 Å². The zero-order valence-electron chi connectivity index (χ0n) is 23.5. The first-order valence-electron chi connectivity index (χ1n) is 13.5. The summed E-state index contributed by atoms with van der Waals surface area (Å²) in [7, 11) is 0. The van der Waals surface area contributed by atoms with Crippen molar-refractivity contribution in [1.29, 1.82) is 0 Å². The number of rotatable bonds is 10. The summed E-state index contributed by atoms with van der Waals surface area (Å²) in [5, 5.41) is 4.58. The van der Waals surface area contributed by atoms with Gasteiger partial charge in [-0.15, -0.1) is 0 Å². The zero-order valence-corrected chi connectivity index (χ0v) is 24.3. The molecule has 9 nitrogen and oxygen atoms in total. The molecular weight excluding hydrogens is 570 g/mol. The van der Waals surface area contributed by atoms with Gasteiger partial charge in [0.05, 0.1) is 6.21 Å². The molecule has 218 valence electrons. The number of carbonyl (C=O) groups is 1. The highest BCUT2D eigenvalue weighted by molar-refractivity contribution is 6.30. The van der Waals surface area contributed by atoms with E-state index in [2.05, 4.69) is 41.1 Å². The van der Waals surface area contributed by atoms with Gasteiger partial charge in [-0.2, -0.15) is 5.10 Å². The Morgan fingerprint density at radius 2 is 1.70 bits per heavy atom. The number of nitrogens with zero attached hydrogens (tertiary/aromatic N) is 2. The lowest BCUT2D eigenvalue weighted by Crippen LogP contribution is -2.16. The minimum atomic E-state index is -0.505. The lowest BCUT2D eigenvalue weighted by Gasteiger charge is -2.10. The third-order valence-electron chi connectivity index (χ3n) is 6.81. The Balaban J connectivity index is 1.03. The largest absolute Gasteiger partial charge is 0.488 e. The summed E-state index contributed by atoms with van der Waals surface area (Å²) in [5.41, 5.74) is 7.37. The van der Waals surface area contributed by atoms with Gasteiger partial charge in [0.2, 0.25) is 6.79 Å². The van der Waals surface area contributed by atoms with Crippen LogP contribution in [0.3, 0.4) is 0 Å². The second kappa shape index (κ2) is 12.4. The van der Waals surface area contributed by atoms with Crippen LogP contribution in [0.4, 0.5) is 0 Å². The van der Waals surface area contributed by atoms with E-state index in [0.717, 1.165) is 22.6 Å². The van der Waals surface area contributed by atoms with E-state index in [4.69, 9.17) is 35.0 Å². The van der Waals surface area contributed by atoms with E-state index < -0.39 is 5.91 Å². The average Bonchev–Trinajstić information content (AvgIpc) is 3.76. The molecule has 0 fully saturated rings. The zero-order chi connectivity index (χ0) is 29.8. The number of aromatic nitrogens is 1. The Morgan fingerprint density at radius 3 is 2.51 bits per heavy atom. The molecule has 0 radical (unpaired) electrons. The number of fused-ring (bicyclic) bond motifs is 1. The predicted molar refractivity (Wildman–Crippen MR) is 162 cm³/mol. The molecule has 0 spiro atoms. The second-order valence-corrected chi connectivity index (χ2v) is 10.3. The first kappa shape index (κ1) is 28.0. The summed E-state index contributed by atoms with van der Waals surface area (Å²) < 4.78 is 30.5. The standard InChI is InChI=1S/C33H28ClN3O6/c1-21-3-4-22(2)37(21)26-7-9-27(10-8-26)39-19-28-11-14-31(43-28)33(38)36-35-17-24-16-25(34)6-13-29(24)40-18-23-5-12-30-32(15-23)42-20-41-30/h3-17H,18-20H2,1-2H3,(H,36,38)/b35-17+. The highest BCUT2D eigenvalue weighted by Crippen LogP contribution is 2.33. The van der Waals surface area contributed by atoms with Gasteiger partial charge in [-0.05, 0) is 98.3 Å². The second-order valence-electron chi connectivity index (χ2n) is 9.86. The van der Waals surface area contributed by atoms with Gasteiger partial charge in [-0.1, -0.05) is 17.7 Å². The van der Waals surface area contributed by atoms with Gasteiger partial charge in [0.1, 0.15) is 30.5 Å². The molecule has 0 atom stereocenters. The van der Waals surface area contributed by atoms with Crippen molar-refractivity contribution in [2.24, 2.45) is 5.10 Å². The summed E-state index contributed by atoms with van der Waals surface area (Å²) in [4.78, 5) is 12.6. The fourth-order valence-electron chi connectivity index (χ4n) is 4.66. The monoisotopic (exact) mass is 597 g/mol. The van der Waals surface area contributed by atoms with Crippen molar-refractivity contribution in [3.8, 4) is 28.7 Å². The van der Waals surface area contributed by atoms with Gasteiger partial charge in [0.25, 0.3) is 0 Å². The third-order valence-corrected chi connectivity index (χ3v) is 7.04. The van der Waals surface area contributed by atoms with E-state index in [1.54, 1.807) is 30.3 Å². The van der Waals surface area contributed by atoms with Crippen LogP contribution in [0, 0.1) is 13.8 Å². The van der Waals surface area contributed by atoms with Crippen molar-refractivity contribution < 1.29 is 28.2 Å². The van der Waals surface area contributed by atoms with Crippen LogP contribution in [0.2, 0.25) is 5.02 Å². The quantitative estimate of drug-likeness (QED) is 0.138. The fourth-order valence-corrected chi connectivity index (χ4v) is 4.84. The molecule has 1 amide bonds. The fraction of sp³-hybridized carbons (Fsp3) is 0.152. The lowest BCUT2D eigenvalue weighted by atomic mass is 10.2. The molecule has 1 aliphatic rings. The molecule has 2 aromatic heterocycles. The van der Waals surface area contributed by atoms with E-state index in [0.29, 0.717) is 46.0 Å². The van der Waals surface area contributed by atoms with E-state index in [1.807, 2.05) is 42.5 Å². The van der Waals surface area contributed by atoms with Gasteiger partial charge in [0.15, 0.2) is 17.3 Å². The molecule has 6 rings (SSSR count). The van der Waals surface area contributed by atoms with Crippen LogP contribution < -0.4 is 24.4 Å². The Morgan fingerprint density at radius 1 is 0.907 bits per heavy atom. The number of halogens is 1. The van der Waals surface area contributed by atoms with Gasteiger partial charge >= 0.3 is 5.91 Å². The molecule has 1 aliphatic heterocycles. The number of hydrazone groups is 1. The number of amides is 1. The Hall–Kier alpha value is -5.15. The summed E-state index contributed by atoms with van der Waals surface area (Å²) >= 11 is 6.19. The molecular formula is C33H28ClN3O6. The SMILES string of the molecule is Cc1ccc(C)n1-c1ccc(OCc2ccc(C(=O)N/N=C/c3cc(Cl)ccc3OCc3ccc4c(c3)OCO4)o2)cc1. The Kier molecular flexibility index (Phi) is 8.06. The first-order chi connectivity index (χ1) is 20.9. The van der Waals surface area contributed by atoms with Crippen molar-refractivity contribution in [2.75, 3.05) is 6.79 Å². The van der Waals surface area contributed by atoms with Crippen molar-refractivity contribution in [1.82, 2.24) is 9.99 Å². The maximum absolute atomic E-state index is 12.6. The number of furan rings is 1. The number of ether oxygens (including phenoxy) is 4. The molecule has 10 heteroatoms. The molecule has 5 aromatic rings. The molecule has 0 saturated heterocycles. The number of carbonyl (C=O) groups excluding carboxylic acids is 1. The maximum atomic E-state index is 12.6. The highest BCUT2D eigenvalue weighted by atomic mass is 35.5. The normalized spacial score (nSPS) is 12.1. The summed E-state index contributed by atoms with van der Waals surface area (Å²) in [6, 6.07) is 26.0. The summed E-state index contributed by atoms with van der Waals surface area (Å²) in [5.74, 6) is 2.73. The molecule has 0 aliphatic carbocycles. The van der Waals surface area contributed by atoms with Gasteiger partial charge in [0, 0.05) is 27.7 Å². The first-order valence-corrected chi connectivity index (χ1v) is 13.9. The van der Waals surface area contributed by atoms with Crippen molar-refractivity contribution in [3.63, 3.8) is 0 Å². The van der Waals surface area contributed by atoms with Crippen LogP contribution in [0.25, 0.3) is 5.69 Å². The van der Waals surface area contributed by atoms with Gasteiger partial charge in [-0.25, -0.2) is 5.43 Å². The molecule has 3 heterocycles. The predicted octanol–water partition coefficient (Wildman–Crippen LogP) is 6.99. The average molecular weight is 598 g/mol. The molecule has 43 heavy (non-hydrogen) atoms. The van der Waals surface area contributed by atoms with Crippen molar-refractivity contribution >= 4 is 23.7 Å². The molecule has 1 N–H and O–H groups in total. The number of benzene rings is 3. The molecule has 0 saturated carbocycles. The Bertz CT molecular complexity index is 1770. The van der Waals surface area contributed by atoms with Crippen LogP contribution in [0.5, 0.6) is 23.0 Å². The Labute approximate surface area is 253 Å². The van der Waals surface area contributed by atoms with Crippen molar-refractivity contribution in [2.45, 2.75) is 27.1 Å². The van der Waals surface area contributed by atoms with E-state index in [-0.39, 0.29) is 19.2 Å². The van der Waals surface area contributed by atoms with Crippen molar-refractivity contribution in [3.05, 3.63) is 124 Å². The summed E-state index contributed by atoms with van der Waals surface area (Å²) in [6.45, 7) is 4.81. The smallest absolute Gasteiger partial charge is 0.307 e. The summed E-state index contributed by atoms with van der Waals surface area (Å²) in [6.07, 6.45) is 1.46. The van der Waals surface area contributed by atoms with Gasteiger partial charge in [-0.3, -0.25) is 4.79 Å². The minimum absolute atomic E-state index is 0.107. The van der Waals surface area contributed by atoms with Crippen LogP contribution in [-0.4, -0.2) is 23.5 Å².